The fourth-order valence-electron chi connectivity index (χ4n) is 1.81. The number of Topliss-reactive ketones (excluding diaryl/α,β-unsaturated/α-hetero) is 1. The molecule has 4 heteroatoms. The van der Waals surface area contributed by atoms with Gasteiger partial charge in [-0.3, -0.25) is 9.78 Å². The van der Waals surface area contributed by atoms with Gasteiger partial charge in [-0.15, -0.1) is 0 Å². The molecule has 0 aliphatic carbocycles. The van der Waals surface area contributed by atoms with Crippen LogP contribution in [-0.2, 0) is 0 Å². The van der Waals surface area contributed by atoms with Crippen LogP contribution < -0.4 is 0 Å². The molecule has 1 heterocycles. The quantitative estimate of drug-likeness (QED) is 0.791. The van der Waals surface area contributed by atoms with Crippen molar-refractivity contribution in [3.8, 4) is 6.07 Å². The van der Waals surface area contributed by atoms with Crippen molar-refractivity contribution in [1.29, 1.82) is 5.26 Å². The Kier molecular flexibility index (Phi) is 3.67. The van der Waals surface area contributed by atoms with Crippen LogP contribution >= 0.6 is 0 Å². The van der Waals surface area contributed by atoms with Gasteiger partial charge in [0.05, 0.1) is 11.6 Å². The first-order valence-electron chi connectivity index (χ1n) is 5.73. The second-order valence-electron chi connectivity index (χ2n) is 4.20. The monoisotopic (exact) mass is 254 g/mol. The first kappa shape index (κ1) is 12.9. The summed E-state index contributed by atoms with van der Waals surface area (Å²) in [6.07, 6.45) is 2.99. The lowest BCUT2D eigenvalue weighted by molar-refractivity contribution is 0.0975. The minimum absolute atomic E-state index is 0.0685. The van der Waals surface area contributed by atoms with Crippen LogP contribution in [0.2, 0.25) is 0 Å². The van der Waals surface area contributed by atoms with Gasteiger partial charge in [0, 0.05) is 12.4 Å². The number of hydrogen-bond donors (Lipinski definition) is 0. The number of rotatable bonds is 3. The van der Waals surface area contributed by atoms with Gasteiger partial charge in [0.1, 0.15) is 11.7 Å². The van der Waals surface area contributed by atoms with Crippen LogP contribution in [0, 0.1) is 24.1 Å². The number of ketones is 1. The summed E-state index contributed by atoms with van der Waals surface area (Å²) in [5.74, 6) is -2.19. The van der Waals surface area contributed by atoms with E-state index in [0.717, 1.165) is 5.56 Å². The first-order valence-corrected chi connectivity index (χ1v) is 5.73. The van der Waals surface area contributed by atoms with E-state index in [4.69, 9.17) is 5.26 Å². The van der Waals surface area contributed by atoms with Crippen molar-refractivity contribution >= 4 is 5.78 Å². The molecule has 0 bridgehead atoms. The second kappa shape index (κ2) is 5.40. The lowest BCUT2D eigenvalue weighted by Crippen LogP contribution is -2.13. The molecule has 0 saturated heterocycles. The summed E-state index contributed by atoms with van der Waals surface area (Å²) in [5, 5.41) is 9.14. The first-order chi connectivity index (χ1) is 9.13. The summed E-state index contributed by atoms with van der Waals surface area (Å²) in [7, 11) is 0. The van der Waals surface area contributed by atoms with Crippen molar-refractivity contribution in [3.05, 3.63) is 65.2 Å². The molecular formula is C15H11FN2O. The summed E-state index contributed by atoms with van der Waals surface area (Å²) < 4.78 is 13.8. The zero-order chi connectivity index (χ0) is 13.8. The van der Waals surface area contributed by atoms with Gasteiger partial charge in [-0.05, 0) is 36.2 Å². The number of hydrogen-bond acceptors (Lipinski definition) is 3. The Morgan fingerprint density at radius 3 is 2.79 bits per heavy atom. The van der Waals surface area contributed by atoms with Crippen LogP contribution in [0.15, 0.2) is 42.7 Å². The molecule has 0 spiro atoms. The third-order valence-corrected chi connectivity index (χ3v) is 2.80. The topological polar surface area (TPSA) is 53.8 Å². The number of carbonyl (C=O) groups excluding carboxylic acids is 1. The third-order valence-electron chi connectivity index (χ3n) is 2.80. The zero-order valence-corrected chi connectivity index (χ0v) is 10.3. The lowest BCUT2D eigenvalue weighted by atomic mass is 9.92. The zero-order valence-electron chi connectivity index (χ0n) is 10.3. The Bertz CT molecular complexity index is 647. The van der Waals surface area contributed by atoms with Crippen LogP contribution in [0.1, 0.15) is 27.4 Å². The molecule has 0 amide bonds. The number of halogens is 1. The molecule has 94 valence electrons. The van der Waals surface area contributed by atoms with Crippen molar-refractivity contribution in [1.82, 2.24) is 4.98 Å². The second-order valence-corrected chi connectivity index (χ2v) is 4.20. The maximum atomic E-state index is 13.8. The molecule has 2 aromatic rings. The molecule has 1 aromatic carbocycles. The molecular weight excluding hydrogens is 243 g/mol. The van der Waals surface area contributed by atoms with Gasteiger partial charge in [-0.25, -0.2) is 4.39 Å². The molecule has 1 aromatic heterocycles. The Morgan fingerprint density at radius 2 is 2.21 bits per heavy atom. The Labute approximate surface area is 110 Å². The fourth-order valence-corrected chi connectivity index (χ4v) is 1.81. The van der Waals surface area contributed by atoms with Gasteiger partial charge in [0.15, 0.2) is 5.78 Å². The van der Waals surface area contributed by atoms with Gasteiger partial charge in [0.2, 0.25) is 0 Å². The smallest absolute Gasteiger partial charge is 0.187 e. The molecule has 0 radical (unpaired) electrons. The molecule has 1 atom stereocenters. The van der Waals surface area contributed by atoms with Crippen molar-refractivity contribution in [2.45, 2.75) is 12.8 Å². The fraction of sp³-hybridized carbons (Fsp3) is 0.133. The van der Waals surface area contributed by atoms with Crippen molar-refractivity contribution in [2.75, 3.05) is 0 Å². The van der Waals surface area contributed by atoms with Crippen LogP contribution in [0.3, 0.4) is 0 Å². The van der Waals surface area contributed by atoms with E-state index in [1.54, 1.807) is 31.3 Å². The minimum Gasteiger partial charge on any atom is -0.292 e. The maximum Gasteiger partial charge on any atom is 0.187 e. The van der Waals surface area contributed by atoms with E-state index in [-0.39, 0.29) is 5.56 Å². The summed E-state index contributed by atoms with van der Waals surface area (Å²) in [5.41, 5.74) is 1.12. The molecule has 3 nitrogen and oxygen atoms in total. The highest BCUT2D eigenvalue weighted by Crippen LogP contribution is 2.21. The van der Waals surface area contributed by atoms with Crippen LogP contribution in [0.4, 0.5) is 4.39 Å². The van der Waals surface area contributed by atoms with Gasteiger partial charge in [0.25, 0.3) is 0 Å². The lowest BCUT2D eigenvalue weighted by Gasteiger charge is -2.09. The highest BCUT2D eigenvalue weighted by Gasteiger charge is 2.24. The Morgan fingerprint density at radius 1 is 1.42 bits per heavy atom. The van der Waals surface area contributed by atoms with Crippen LogP contribution in [-0.4, -0.2) is 10.8 Å². The highest BCUT2D eigenvalue weighted by atomic mass is 19.1. The number of pyridine rings is 1. The van der Waals surface area contributed by atoms with Crippen molar-refractivity contribution < 1.29 is 9.18 Å². The van der Waals surface area contributed by atoms with E-state index in [1.165, 1.54) is 18.3 Å². The molecule has 0 aliphatic rings. The van der Waals surface area contributed by atoms with Gasteiger partial charge < -0.3 is 0 Å². The Hall–Kier alpha value is -2.54. The molecule has 0 fully saturated rings. The normalized spacial score (nSPS) is 11.6. The predicted octanol–water partition coefficient (Wildman–Crippen LogP) is 3.02. The van der Waals surface area contributed by atoms with Gasteiger partial charge in [-0.2, -0.15) is 5.26 Å². The molecule has 0 aliphatic heterocycles. The maximum absolute atomic E-state index is 13.8. The van der Waals surface area contributed by atoms with E-state index in [0.29, 0.717) is 5.56 Å². The number of nitriles is 1. The minimum atomic E-state index is -1.04. The summed E-state index contributed by atoms with van der Waals surface area (Å²) in [6.45, 7) is 1.74. The van der Waals surface area contributed by atoms with Gasteiger partial charge in [-0.1, -0.05) is 12.1 Å². The summed E-state index contributed by atoms with van der Waals surface area (Å²) in [6, 6.07) is 9.51. The molecule has 1 unspecified atom stereocenters. The molecule has 19 heavy (non-hydrogen) atoms. The standard InChI is InChI=1S/C15H11FN2O/c1-10-4-5-12(14(16)7-10)15(19)13(8-17)11-3-2-6-18-9-11/h2-7,9,13H,1H3. The number of benzene rings is 1. The van der Waals surface area contributed by atoms with E-state index in [2.05, 4.69) is 4.98 Å². The van der Waals surface area contributed by atoms with Crippen molar-refractivity contribution in [3.63, 3.8) is 0 Å². The van der Waals surface area contributed by atoms with Gasteiger partial charge >= 0.3 is 0 Å². The van der Waals surface area contributed by atoms with Crippen LogP contribution in [0.25, 0.3) is 0 Å². The highest BCUT2D eigenvalue weighted by molar-refractivity contribution is 6.02. The molecule has 0 saturated carbocycles. The number of aryl methyl sites for hydroxylation is 1. The molecule has 0 N–H and O–H groups in total. The van der Waals surface area contributed by atoms with Crippen LogP contribution in [0.5, 0.6) is 0 Å². The SMILES string of the molecule is Cc1ccc(C(=O)C(C#N)c2cccnc2)c(F)c1. The largest absolute Gasteiger partial charge is 0.292 e. The van der Waals surface area contributed by atoms with Crippen molar-refractivity contribution in [2.24, 2.45) is 0 Å². The Balaban J connectivity index is 2.40. The average molecular weight is 254 g/mol. The number of nitrogens with zero attached hydrogens (tertiary/aromatic N) is 2. The van der Waals surface area contributed by atoms with E-state index in [1.807, 2.05) is 6.07 Å². The summed E-state index contributed by atoms with van der Waals surface area (Å²) in [4.78, 5) is 16.1. The van der Waals surface area contributed by atoms with E-state index >= 15 is 0 Å². The number of aromatic nitrogens is 1. The number of carbonyl (C=O) groups is 1. The van der Waals surface area contributed by atoms with E-state index in [9.17, 15) is 9.18 Å². The molecule has 2 rings (SSSR count). The van der Waals surface area contributed by atoms with E-state index < -0.39 is 17.5 Å². The third kappa shape index (κ3) is 2.66. The predicted molar refractivity (Wildman–Crippen MR) is 68.1 cm³/mol. The average Bonchev–Trinajstić information content (AvgIpc) is 2.40. The summed E-state index contributed by atoms with van der Waals surface area (Å²) >= 11 is 0.